The predicted octanol–water partition coefficient (Wildman–Crippen LogP) is 3.67. The van der Waals surface area contributed by atoms with Crippen LogP contribution < -0.4 is 4.74 Å². The van der Waals surface area contributed by atoms with Gasteiger partial charge in [0.05, 0.1) is 0 Å². The van der Waals surface area contributed by atoms with Crippen LogP contribution in [-0.2, 0) is 11.2 Å². The summed E-state index contributed by atoms with van der Waals surface area (Å²) in [6, 6.07) is 0. The van der Waals surface area contributed by atoms with Gasteiger partial charge in [0.2, 0.25) is 0 Å². The fourth-order valence-corrected chi connectivity index (χ4v) is 2.59. The normalized spacial score (nSPS) is 10.5. The van der Waals surface area contributed by atoms with E-state index in [2.05, 4.69) is 6.92 Å². The molecule has 0 fully saturated rings. The highest BCUT2D eigenvalue weighted by molar-refractivity contribution is 14.1. The van der Waals surface area contributed by atoms with Gasteiger partial charge in [-0.25, -0.2) is 0 Å². The largest absolute Gasteiger partial charge is 0.506 e. The van der Waals surface area contributed by atoms with Crippen molar-refractivity contribution in [1.82, 2.24) is 0 Å². The van der Waals surface area contributed by atoms with Gasteiger partial charge < -0.3 is 14.9 Å². The summed E-state index contributed by atoms with van der Waals surface area (Å²) in [6.45, 7) is 5.16. The van der Waals surface area contributed by atoms with E-state index in [0.29, 0.717) is 21.1 Å². The standard InChI is InChI=1S/C14H19IO4/c1-4-5-6-7-10-8(2)12(17)11(15)13(18)14(10)19-9(3)16/h17-18H,4-7H2,1-3H3. The zero-order valence-corrected chi connectivity index (χ0v) is 13.6. The van der Waals surface area contributed by atoms with E-state index in [-0.39, 0.29) is 17.2 Å². The van der Waals surface area contributed by atoms with E-state index in [9.17, 15) is 15.0 Å². The van der Waals surface area contributed by atoms with Gasteiger partial charge >= 0.3 is 5.97 Å². The molecule has 2 N–H and O–H groups in total. The molecule has 0 saturated carbocycles. The fourth-order valence-electron chi connectivity index (χ4n) is 1.94. The van der Waals surface area contributed by atoms with E-state index in [1.165, 1.54) is 6.92 Å². The Balaban J connectivity index is 3.26. The van der Waals surface area contributed by atoms with Gasteiger partial charge in [0.15, 0.2) is 11.5 Å². The highest BCUT2D eigenvalue weighted by Crippen LogP contribution is 2.44. The number of phenols is 2. The fraction of sp³-hybridized carbons (Fsp3) is 0.500. The first kappa shape index (κ1) is 16.1. The van der Waals surface area contributed by atoms with Crippen LogP contribution in [0.5, 0.6) is 17.2 Å². The van der Waals surface area contributed by atoms with E-state index in [0.717, 1.165) is 19.3 Å². The van der Waals surface area contributed by atoms with Gasteiger partial charge in [0.1, 0.15) is 9.32 Å². The van der Waals surface area contributed by atoms with Gasteiger partial charge in [0, 0.05) is 12.5 Å². The Morgan fingerprint density at radius 1 is 1.26 bits per heavy atom. The molecule has 5 heteroatoms. The molecule has 1 aromatic rings. The van der Waals surface area contributed by atoms with Crippen molar-refractivity contribution in [3.8, 4) is 17.2 Å². The SMILES string of the molecule is CCCCCc1c(C)c(O)c(I)c(O)c1OC(C)=O. The Hall–Kier alpha value is -0.980. The topological polar surface area (TPSA) is 66.8 Å². The Morgan fingerprint density at radius 3 is 2.42 bits per heavy atom. The monoisotopic (exact) mass is 378 g/mol. The molecule has 0 bridgehead atoms. The van der Waals surface area contributed by atoms with Crippen molar-refractivity contribution < 1.29 is 19.7 Å². The van der Waals surface area contributed by atoms with Crippen molar-refractivity contribution in [2.24, 2.45) is 0 Å². The Labute approximate surface area is 126 Å². The Bertz CT molecular complexity index is 483. The van der Waals surface area contributed by atoms with Gasteiger partial charge in [-0.05, 0) is 47.9 Å². The smallest absolute Gasteiger partial charge is 0.308 e. The minimum Gasteiger partial charge on any atom is -0.506 e. The number of aromatic hydroxyl groups is 2. The number of unbranched alkanes of at least 4 members (excludes halogenated alkanes) is 2. The third kappa shape index (κ3) is 3.75. The highest BCUT2D eigenvalue weighted by atomic mass is 127. The summed E-state index contributed by atoms with van der Waals surface area (Å²) in [6.07, 6.45) is 3.71. The van der Waals surface area contributed by atoms with Crippen molar-refractivity contribution in [3.63, 3.8) is 0 Å². The lowest BCUT2D eigenvalue weighted by Crippen LogP contribution is -2.07. The van der Waals surface area contributed by atoms with Crippen LogP contribution in [0.4, 0.5) is 0 Å². The molecule has 0 aromatic heterocycles. The molecule has 0 saturated heterocycles. The molecule has 0 unspecified atom stereocenters. The van der Waals surface area contributed by atoms with Crippen LogP contribution in [0, 0.1) is 10.5 Å². The van der Waals surface area contributed by atoms with Gasteiger partial charge in [0.25, 0.3) is 0 Å². The molecule has 1 aromatic carbocycles. The van der Waals surface area contributed by atoms with Crippen LogP contribution in [0.3, 0.4) is 0 Å². The average molecular weight is 378 g/mol. The molecule has 1 rings (SSSR count). The molecular formula is C14H19IO4. The van der Waals surface area contributed by atoms with Gasteiger partial charge in [-0.1, -0.05) is 19.8 Å². The van der Waals surface area contributed by atoms with Crippen molar-refractivity contribution in [1.29, 1.82) is 0 Å². The van der Waals surface area contributed by atoms with E-state index in [1.807, 2.05) is 22.6 Å². The second kappa shape index (κ2) is 6.98. The van der Waals surface area contributed by atoms with Crippen molar-refractivity contribution in [2.75, 3.05) is 0 Å². The molecular weight excluding hydrogens is 359 g/mol. The summed E-state index contributed by atoms with van der Waals surface area (Å²) in [7, 11) is 0. The number of phenolic OH excluding ortho intramolecular Hbond substituents is 2. The summed E-state index contributed by atoms with van der Waals surface area (Å²) in [5.41, 5.74) is 1.37. The van der Waals surface area contributed by atoms with Gasteiger partial charge in [-0.3, -0.25) is 4.79 Å². The summed E-state index contributed by atoms with van der Waals surface area (Å²) in [4.78, 5) is 11.2. The molecule has 106 valence electrons. The first-order valence-corrected chi connectivity index (χ1v) is 7.39. The molecule has 0 aliphatic heterocycles. The van der Waals surface area contributed by atoms with Gasteiger partial charge in [-0.2, -0.15) is 0 Å². The molecule has 4 nitrogen and oxygen atoms in total. The average Bonchev–Trinajstić information content (AvgIpc) is 2.36. The predicted molar refractivity (Wildman–Crippen MR) is 81.8 cm³/mol. The molecule has 0 heterocycles. The third-order valence-electron chi connectivity index (χ3n) is 2.99. The summed E-state index contributed by atoms with van der Waals surface area (Å²) in [5, 5.41) is 20.0. The molecule has 0 amide bonds. The van der Waals surface area contributed by atoms with Crippen molar-refractivity contribution in [3.05, 3.63) is 14.7 Å². The Morgan fingerprint density at radius 2 is 1.89 bits per heavy atom. The van der Waals surface area contributed by atoms with E-state index in [1.54, 1.807) is 6.92 Å². The van der Waals surface area contributed by atoms with Gasteiger partial charge in [-0.15, -0.1) is 0 Å². The zero-order valence-electron chi connectivity index (χ0n) is 11.4. The maximum absolute atomic E-state index is 11.2. The molecule has 0 aliphatic carbocycles. The molecule has 0 spiro atoms. The number of benzene rings is 1. The number of esters is 1. The number of halogens is 1. The summed E-state index contributed by atoms with van der Waals surface area (Å²) in [5.74, 6) is -0.401. The van der Waals surface area contributed by atoms with Crippen LogP contribution >= 0.6 is 22.6 Å². The van der Waals surface area contributed by atoms with Crippen LogP contribution in [0.2, 0.25) is 0 Å². The number of rotatable bonds is 5. The molecule has 19 heavy (non-hydrogen) atoms. The minimum absolute atomic E-state index is 0.0560. The maximum Gasteiger partial charge on any atom is 0.308 e. The lowest BCUT2D eigenvalue weighted by molar-refractivity contribution is -0.132. The first-order chi connectivity index (χ1) is 8.90. The van der Waals surface area contributed by atoms with Crippen LogP contribution in [-0.4, -0.2) is 16.2 Å². The number of hydrogen-bond donors (Lipinski definition) is 2. The maximum atomic E-state index is 11.2. The Kier molecular flexibility index (Phi) is 5.90. The number of carbonyl (C=O) groups is 1. The number of hydrogen-bond acceptors (Lipinski definition) is 4. The summed E-state index contributed by atoms with van der Waals surface area (Å²) < 4.78 is 5.43. The molecule has 0 atom stereocenters. The quantitative estimate of drug-likeness (QED) is 0.355. The summed E-state index contributed by atoms with van der Waals surface area (Å²) >= 11 is 1.84. The van der Waals surface area contributed by atoms with E-state index < -0.39 is 5.97 Å². The van der Waals surface area contributed by atoms with Crippen LogP contribution in [0.1, 0.15) is 44.2 Å². The molecule has 0 aliphatic rings. The highest BCUT2D eigenvalue weighted by Gasteiger charge is 2.22. The van der Waals surface area contributed by atoms with Crippen LogP contribution in [0.15, 0.2) is 0 Å². The van der Waals surface area contributed by atoms with E-state index >= 15 is 0 Å². The first-order valence-electron chi connectivity index (χ1n) is 6.31. The molecule has 0 radical (unpaired) electrons. The lowest BCUT2D eigenvalue weighted by Gasteiger charge is -2.16. The lowest BCUT2D eigenvalue weighted by atomic mass is 9.99. The number of ether oxygens (including phenoxy) is 1. The second-order valence-corrected chi connectivity index (χ2v) is 5.57. The third-order valence-corrected chi connectivity index (χ3v) is 4.01. The second-order valence-electron chi connectivity index (χ2n) is 4.49. The van der Waals surface area contributed by atoms with Crippen LogP contribution in [0.25, 0.3) is 0 Å². The van der Waals surface area contributed by atoms with Crippen molar-refractivity contribution >= 4 is 28.6 Å². The minimum atomic E-state index is -0.479. The zero-order chi connectivity index (χ0) is 14.6. The number of carbonyl (C=O) groups excluding carboxylic acids is 1. The van der Waals surface area contributed by atoms with Crippen molar-refractivity contribution in [2.45, 2.75) is 46.5 Å². The van der Waals surface area contributed by atoms with E-state index in [4.69, 9.17) is 4.74 Å².